The number of aliphatic imine (C=N–C) groups is 1. The number of amides is 2. The molecule has 0 bridgehead atoms. The molecule has 2 heterocycles. The lowest BCUT2D eigenvalue weighted by Crippen LogP contribution is -2.23. The number of rotatable bonds is 7. The minimum absolute atomic E-state index is 0.0112. The van der Waals surface area contributed by atoms with Crippen molar-refractivity contribution in [2.45, 2.75) is 32.0 Å². The lowest BCUT2D eigenvalue weighted by molar-refractivity contribution is -0.138. The SMILES string of the molecule is CCOC1C=C(c2ccc(CC(=O)Nc3cnc(CC#N)c(C(F)(F)F)c3)c(F)c2)C=NC1=O. The van der Waals surface area contributed by atoms with Crippen LogP contribution in [-0.2, 0) is 33.3 Å². The van der Waals surface area contributed by atoms with E-state index in [1.165, 1.54) is 30.5 Å². The predicted molar refractivity (Wildman–Crippen MR) is 114 cm³/mol. The van der Waals surface area contributed by atoms with Gasteiger partial charge in [0, 0.05) is 12.8 Å². The second kappa shape index (κ2) is 10.4. The molecule has 0 saturated carbocycles. The smallest absolute Gasteiger partial charge is 0.364 e. The summed E-state index contributed by atoms with van der Waals surface area (Å²) in [6, 6.07) is 6.35. The van der Waals surface area contributed by atoms with Crippen LogP contribution in [0, 0.1) is 17.1 Å². The fraction of sp³-hybridized carbons (Fsp3) is 0.261. The molecule has 0 spiro atoms. The Labute approximate surface area is 191 Å². The zero-order valence-electron chi connectivity index (χ0n) is 17.8. The minimum atomic E-state index is -4.76. The second-order valence-electron chi connectivity index (χ2n) is 7.18. The number of pyridine rings is 1. The van der Waals surface area contributed by atoms with E-state index in [2.05, 4.69) is 15.3 Å². The van der Waals surface area contributed by atoms with Gasteiger partial charge in [0.25, 0.3) is 5.91 Å². The van der Waals surface area contributed by atoms with E-state index >= 15 is 0 Å². The van der Waals surface area contributed by atoms with Gasteiger partial charge in [-0.15, -0.1) is 0 Å². The summed E-state index contributed by atoms with van der Waals surface area (Å²) in [6.45, 7) is 2.01. The first-order valence-corrected chi connectivity index (χ1v) is 10.1. The first-order chi connectivity index (χ1) is 16.1. The fourth-order valence-electron chi connectivity index (χ4n) is 3.22. The first-order valence-electron chi connectivity index (χ1n) is 10.1. The molecule has 1 N–H and O–H groups in total. The van der Waals surface area contributed by atoms with Gasteiger partial charge in [-0.05, 0) is 41.8 Å². The molecule has 1 aliphatic rings. The van der Waals surface area contributed by atoms with Crippen LogP contribution in [0.25, 0.3) is 5.57 Å². The van der Waals surface area contributed by atoms with E-state index < -0.39 is 54.0 Å². The van der Waals surface area contributed by atoms with Crippen LogP contribution in [0.4, 0.5) is 23.2 Å². The summed E-state index contributed by atoms with van der Waals surface area (Å²) in [5, 5.41) is 10.9. The average molecular weight is 474 g/mol. The highest BCUT2D eigenvalue weighted by molar-refractivity contribution is 6.17. The van der Waals surface area contributed by atoms with Crippen molar-refractivity contribution in [3.05, 3.63) is 64.7 Å². The summed E-state index contributed by atoms with van der Waals surface area (Å²) in [6.07, 6.45) is -2.80. The molecule has 7 nitrogen and oxygen atoms in total. The molecule has 1 unspecified atom stereocenters. The molecule has 1 aliphatic heterocycles. The first kappa shape index (κ1) is 24.7. The van der Waals surface area contributed by atoms with Crippen LogP contribution in [-0.4, -0.2) is 35.7 Å². The van der Waals surface area contributed by atoms with E-state index in [-0.39, 0.29) is 11.3 Å². The van der Waals surface area contributed by atoms with Crippen molar-refractivity contribution in [3.63, 3.8) is 0 Å². The molecule has 1 atom stereocenters. The van der Waals surface area contributed by atoms with E-state index in [0.717, 1.165) is 6.20 Å². The lowest BCUT2D eigenvalue weighted by Gasteiger charge is -2.15. The number of nitrogens with one attached hydrogen (secondary N) is 1. The molecular formula is C23H18F4N4O3. The van der Waals surface area contributed by atoms with Gasteiger partial charge in [-0.2, -0.15) is 18.4 Å². The van der Waals surface area contributed by atoms with Crippen molar-refractivity contribution < 1.29 is 31.9 Å². The van der Waals surface area contributed by atoms with E-state index in [1.807, 2.05) is 0 Å². The Kier molecular flexibility index (Phi) is 7.53. The van der Waals surface area contributed by atoms with Gasteiger partial charge in [0.1, 0.15) is 5.82 Å². The van der Waals surface area contributed by atoms with Gasteiger partial charge < -0.3 is 10.1 Å². The highest BCUT2D eigenvalue weighted by Gasteiger charge is 2.34. The Morgan fingerprint density at radius 2 is 2.06 bits per heavy atom. The Morgan fingerprint density at radius 3 is 2.71 bits per heavy atom. The number of carbonyl (C=O) groups is 2. The molecular weight excluding hydrogens is 456 g/mol. The monoisotopic (exact) mass is 474 g/mol. The van der Waals surface area contributed by atoms with Crippen molar-refractivity contribution in [1.29, 1.82) is 5.26 Å². The van der Waals surface area contributed by atoms with E-state index in [0.29, 0.717) is 23.8 Å². The highest BCUT2D eigenvalue weighted by atomic mass is 19.4. The molecule has 2 aromatic rings. The number of benzene rings is 1. The number of ether oxygens (including phenoxy) is 1. The standard InChI is InChI=1S/C23H18F4N4O3/c1-2-34-20-8-15(11-30-22(20)33)13-3-4-14(18(24)7-13)9-21(32)31-16-10-17(23(25,26)27)19(5-6-28)29-12-16/h3-4,7-8,10-12,20H,2,5,9H2,1H3,(H,31,32). The Bertz CT molecular complexity index is 1220. The lowest BCUT2D eigenvalue weighted by atomic mass is 10.00. The largest absolute Gasteiger partial charge is 0.418 e. The molecule has 0 radical (unpaired) electrons. The maximum absolute atomic E-state index is 14.6. The van der Waals surface area contributed by atoms with Crippen LogP contribution >= 0.6 is 0 Å². The summed E-state index contributed by atoms with van der Waals surface area (Å²) < 4.78 is 59.6. The van der Waals surface area contributed by atoms with Gasteiger partial charge in [0.05, 0.1) is 42.1 Å². The highest BCUT2D eigenvalue weighted by Crippen LogP contribution is 2.33. The molecule has 0 fully saturated rings. The van der Waals surface area contributed by atoms with E-state index in [9.17, 15) is 27.2 Å². The summed E-state index contributed by atoms with van der Waals surface area (Å²) >= 11 is 0. The van der Waals surface area contributed by atoms with Crippen molar-refractivity contribution in [2.24, 2.45) is 4.99 Å². The van der Waals surface area contributed by atoms with Gasteiger partial charge in [0.2, 0.25) is 5.91 Å². The topological polar surface area (TPSA) is 104 Å². The van der Waals surface area contributed by atoms with Crippen LogP contribution in [0.1, 0.15) is 29.3 Å². The normalized spacial score (nSPS) is 15.6. The zero-order chi connectivity index (χ0) is 24.9. The molecule has 3 rings (SSSR count). The molecule has 176 valence electrons. The maximum Gasteiger partial charge on any atom is 0.418 e. The number of carbonyl (C=O) groups excluding carboxylic acids is 2. The number of halogens is 4. The second-order valence-corrected chi connectivity index (χ2v) is 7.18. The molecule has 1 aromatic heterocycles. The van der Waals surface area contributed by atoms with Crippen molar-refractivity contribution in [1.82, 2.24) is 4.98 Å². The Balaban J connectivity index is 1.74. The summed E-state index contributed by atoms with van der Waals surface area (Å²) in [4.78, 5) is 31.4. The quantitative estimate of drug-likeness (QED) is 0.614. The molecule has 0 saturated heterocycles. The number of nitriles is 1. The predicted octanol–water partition coefficient (Wildman–Crippen LogP) is 3.89. The average Bonchev–Trinajstić information content (AvgIpc) is 2.77. The molecule has 11 heteroatoms. The van der Waals surface area contributed by atoms with Gasteiger partial charge in [-0.3, -0.25) is 14.6 Å². The van der Waals surface area contributed by atoms with Crippen LogP contribution in [0.15, 0.2) is 41.5 Å². The van der Waals surface area contributed by atoms with Crippen molar-refractivity contribution in [2.75, 3.05) is 11.9 Å². The third kappa shape index (κ3) is 5.90. The van der Waals surface area contributed by atoms with Gasteiger partial charge in [-0.1, -0.05) is 12.1 Å². The maximum atomic E-state index is 14.6. The number of alkyl halides is 3. The summed E-state index contributed by atoms with van der Waals surface area (Å²) in [5.41, 5.74) is -0.925. The van der Waals surface area contributed by atoms with Crippen LogP contribution in [0.3, 0.4) is 0 Å². The number of dihydropyridines is 1. The fourth-order valence-corrected chi connectivity index (χ4v) is 3.22. The number of nitrogens with zero attached hydrogens (tertiary/aromatic N) is 3. The van der Waals surface area contributed by atoms with Gasteiger partial charge in [0.15, 0.2) is 6.10 Å². The van der Waals surface area contributed by atoms with Crippen molar-refractivity contribution >= 4 is 29.3 Å². The van der Waals surface area contributed by atoms with Gasteiger partial charge in [-0.25, -0.2) is 9.38 Å². The third-order valence-corrected chi connectivity index (χ3v) is 4.79. The Hall–Kier alpha value is -3.91. The molecule has 2 amide bonds. The number of hydrogen-bond acceptors (Lipinski definition) is 5. The number of anilines is 1. The summed E-state index contributed by atoms with van der Waals surface area (Å²) in [7, 11) is 0. The number of allylic oxidation sites excluding steroid dienone is 1. The van der Waals surface area contributed by atoms with Gasteiger partial charge >= 0.3 is 6.18 Å². The minimum Gasteiger partial charge on any atom is -0.364 e. The third-order valence-electron chi connectivity index (χ3n) is 4.79. The van der Waals surface area contributed by atoms with Crippen LogP contribution in [0.5, 0.6) is 0 Å². The molecule has 0 aliphatic carbocycles. The molecule has 1 aromatic carbocycles. The van der Waals surface area contributed by atoms with E-state index in [4.69, 9.17) is 10.00 Å². The van der Waals surface area contributed by atoms with Crippen molar-refractivity contribution in [3.8, 4) is 6.07 Å². The number of aromatic nitrogens is 1. The Morgan fingerprint density at radius 1 is 1.29 bits per heavy atom. The summed E-state index contributed by atoms with van der Waals surface area (Å²) in [5.74, 6) is -1.94. The van der Waals surface area contributed by atoms with Crippen LogP contribution in [0.2, 0.25) is 0 Å². The van der Waals surface area contributed by atoms with Crippen LogP contribution < -0.4 is 5.32 Å². The zero-order valence-corrected chi connectivity index (χ0v) is 17.8. The number of hydrogen-bond donors (Lipinski definition) is 1. The van der Waals surface area contributed by atoms with E-state index in [1.54, 1.807) is 13.0 Å². The molecule has 34 heavy (non-hydrogen) atoms.